The van der Waals surface area contributed by atoms with E-state index < -0.39 is 0 Å². The number of rotatable bonds is 7. The zero-order valence-electron chi connectivity index (χ0n) is 14.0. The van der Waals surface area contributed by atoms with Gasteiger partial charge in [0, 0.05) is 6.92 Å². The van der Waals surface area contributed by atoms with Crippen LogP contribution in [0.4, 0.5) is 0 Å². The number of H-pyrrole nitrogens is 1. The van der Waals surface area contributed by atoms with Crippen LogP contribution in [0.1, 0.15) is 30.5 Å². The maximum absolute atomic E-state index is 12.1. The summed E-state index contributed by atoms with van der Waals surface area (Å²) in [7, 11) is 0. The number of thioether (sulfide) groups is 1. The average Bonchev–Trinajstić information content (AvgIpc) is 3.25. The molecule has 0 aliphatic rings. The quantitative estimate of drug-likeness (QED) is 0.675. The monoisotopic (exact) mass is 357 g/mol. The van der Waals surface area contributed by atoms with Gasteiger partial charge in [0.1, 0.15) is 5.82 Å². The Balaban J connectivity index is 1.49. The van der Waals surface area contributed by atoms with Crippen molar-refractivity contribution in [2.45, 2.75) is 25.6 Å². The van der Waals surface area contributed by atoms with Crippen LogP contribution in [0.2, 0.25) is 0 Å². The second-order valence-electron chi connectivity index (χ2n) is 5.56. The molecule has 1 atom stereocenters. The third-order valence-electron chi connectivity index (χ3n) is 3.50. The normalized spacial score (nSPS) is 12.1. The molecule has 0 bridgehead atoms. The number of aromatic nitrogens is 4. The molecule has 0 aliphatic carbocycles. The van der Waals surface area contributed by atoms with Crippen molar-refractivity contribution in [2.75, 3.05) is 5.75 Å². The predicted octanol–water partition coefficient (Wildman–Crippen LogP) is 2.88. The second-order valence-corrected chi connectivity index (χ2v) is 6.55. The molecule has 0 fully saturated rings. The van der Waals surface area contributed by atoms with E-state index in [4.69, 9.17) is 4.52 Å². The van der Waals surface area contributed by atoms with E-state index in [0.717, 1.165) is 17.1 Å². The summed E-state index contributed by atoms with van der Waals surface area (Å²) in [6.07, 6.45) is 1.78. The molecule has 0 spiro atoms. The van der Waals surface area contributed by atoms with E-state index in [1.54, 1.807) is 13.1 Å². The topological polar surface area (TPSA) is 96.7 Å². The summed E-state index contributed by atoms with van der Waals surface area (Å²) in [6.45, 7) is 3.64. The molecule has 1 aromatic carbocycles. The molecule has 2 aromatic heterocycles. The predicted molar refractivity (Wildman–Crippen MR) is 95.8 cm³/mol. The Morgan fingerprint density at radius 3 is 2.88 bits per heavy atom. The molecule has 130 valence electrons. The lowest BCUT2D eigenvalue weighted by molar-refractivity contribution is -0.119. The van der Waals surface area contributed by atoms with E-state index in [1.807, 2.05) is 37.3 Å². The van der Waals surface area contributed by atoms with Crippen LogP contribution in [0.25, 0.3) is 11.3 Å². The lowest BCUT2D eigenvalue weighted by atomic mass is 10.2. The SMILES string of the molecule is Cc1nc(CSCC(=O)NC(C)c2ncc(-c3ccccc3)[nH]2)no1. The third kappa shape index (κ3) is 4.69. The highest BCUT2D eigenvalue weighted by Gasteiger charge is 2.14. The molecule has 25 heavy (non-hydrogen) atoms. The number of imidazole rings is 1. The Morgan fingerprint density at radius 2 is 2.16 bits per heavy atom. The Kier molecular flexibility index (Phi) is 5.49. The molecule has 0 saturated heterocycles. The van der Waals surface area contributed by atoms with Gasteiger partial charge in [0.2, 0.25) is 11.8 Å². The number of benzene rings is 1. The zero-order chi connectivity index (χ0) is 17.6. The van der Waals surface area contributed by atoms with Crippen LogP contribution in [0.3, 0.4) is 0 Å². The lowest BCUT2D eigenvalue weighted by Crippen LogP contribution is -2.28. The Morgan fingerprint density at radius 1 is 1.36 bits per heavy atom. The fraction of sp³-hybridized carbons (Fsp3) is 0.294. The number of carbonyl (C=O) groups excluding carboxylic acids is 1. The molecular weight excluding hydrogens is 338 g/mol. The molecule has 0 saturated carbocycles. The maximum atomic E-state index is 12.1. The van der Waals surface area contributed by atoms with E-state index in [2.05, 4.69) is 25.4 Å². The van der Waals surface area contributed by atoms with Gasteiger partial charge in [-0.15, -0.1) is 11.8 Å². The van der Waals surface area contributed by atoms with Crippen LogP contribution in [0.5, 0.6) is 0 Å². The standard InChI is InChI=1S/C17H19N5O2S/c1-11(17-18-8-14(21-17)13-6-4-3-5-7-13)19-16(23)10-25-9-15-20-12(2)24-22-15/h3-8,11H,9-10H2,1-2H3,(H,18,21)(H,19,23). The van der Waals surface area contributed by atoms with Crippen LogP contribution >= 0.6 is 11.8 Å². The molecule has 3 rings (SSSR count). The smallest absolute Gasteiger partial charge is 0.230 e. The highest BCUT2D eigenvalue weighted by atomic mass is 32.2. The van der Waals surface area contributed by atoms with Crippen molar-refractivity contribution in [2.24, 2.45) is 0 Å². The van der Waals surface area contributed by atoms with Crippen molar-refractivity contribution in [3.63, 3.8) is 0 Å². The summed E-state index contributed by atoms with van der Waals surface area (Å²) in [5.41, 5.74) is 1.99. The Labute approximate surface area is 149 Å². The fourth-order valence-corrected chi connectivity index (χ4v) is 2.98. The molecule has 2 heterocycles. The van der Waals surface area contributed by atoms with Crippen molar-refractivity contribution in [3.8, 4) is 11.3 Å². The lowest BCUT2D eigenvalue weighted by Gasteiger charge is -2.11. The van der Waals surface area contributed by atoms with Gasteiger partial charge in [0.15, 0.2) is 5.82 Å². The van der Waals surface area contributed by atoms with Crippen molar-refractivity contribution >= 4 is 17.7 Å². The van der Waals surface area contributed by atoms with Crippen LogP contribution in [0, 0.1) is 6.92 Å². The van der Waals surface area contributed by atoms with E-state index in [9.17, 15) is 4.79 Å². The van der Waals surface area contributed by atoms with Crippen molar-refractivity contribution < 1.29 is 9.32 Å². The minimum Gasteiger partial charge on any atom is -0.346 e. The van der Waals surface area contributed by atoms with Crippen LogP contribution in [-0.4, -0.2) is 31.8 Å². The Bertz CT molecular complexity index is 830. The molecule has 1 amide bonds. The molecule has 2 N–H and O–H groups in total. The summed E-state index contributed by atoms with van der Waals surface area (Å²) in [4.78, 5) is 23.8. The molecular formula is C17H19N5O2S. The minimum atomic E-state index is -0.196. The highest BCUT2D eigenvalue weighted by molar-refractivity contribution is 7.99. The summed E-state index contributed by atoms with van der Waals surface area (Å²) < 4.78 is 4.90. The van der Waals surface area contributed by atoms with Gasteiger partial charge in [-0.3, -0.25) is 4.79 Å². The largest absolute Gasteiger partial charge is 0.346 e. The van der Waals surface area contributed by atoms with E-state index in [-0.39, 0.29) is 11.9 Å². The van der Waals surface area contributed by atoms with E-state index in [1.165, 1.54) is 11.8 Å². The third-order valence-corrected chi connectivity index (χ3v) is 4.43. The van der Waals surface area contributed by atoms with Crippen LogP contribution < -0.4 is 5.32 Å². The Hall–Kier alpha value is -2.61. The van der Waals surface area contributed by atoms with Gasteiger partial charge in [-0.2, -0.15) is 4.98 Å². The zero-order valence-corrected chi connectivity index (χ0v) is 14.8. The number of carbonyl (C=O) groups is 1. The number of amides is 1. The molecule has 8 heteroatoms. The van der Waals surface area contributed by atoms with Gasteiger partial charge in [0.05, 0.1) is 29.4 Å². The fourth-order valence-electron chi connectivity index (χ4n) is 2.31. The number of hydrogen-bond donors (Lipinski definition) is 2. The molecule has 1 unspecified atom stereocenters. The highest BCUT2D eigenvalue weighted by Crippen LogP contribution is 2.19. The summed E-state index contributed by atoms with van der Waals surface area (Å²) in [6, 6.07) is 9.75. The number of aromatic amines is 1. The van der Waals surface area contributed by atoms with Crippen molar-refractivity contribution in [3.05, 3.63) is 54.1 Å². The van der Waals surface area contributed by atoms with Gasteiger partial charge in [-0.05, 0) is 12.5 Å². The molecule has 0 radical (unpaired) electrons. The number of nitrogens with one attached hydrogen (secondary N) is 2. The van der Waals surface area contributed by atoms with E-state index in [0.29, 0.717) is 23.2 Å². The average molecular weight is 357 g/mol. The second kappa shape index (κ2) is 7.98. The number of aryl methyl sites for hydroxylation is 1. The maximum Gasteiger partial charge on any atom is 0.230 e. The summed E-state index contributed by atoms with van der Waals surface area (Å²) in [5.74, 6) is 2.66. The van der Waals surface area contributed by atoms with Gasteiger partial charge >= 0.3 is 0 Å². The summed E-state index contributed by atoms with van der Waals surface area (Å²) in [5, 5.41) is 6.73. The summed E-state index contributed by atoms with van der Waals surface area (Å²) >= 11 is 1.44. The van der Waals surface area contributed by atoms with Crippen LogP contribution in [0.15, 0.2) is 41.1 Å². The van der Waals surface area contributed by atoms with Crippen LogP contribution in [-0.2, 0) is 10.5 Å². The minimum absolute atomic E-state index is 0.0598. The number of nitrogens with zero attached hydrogens (tertiary/aromatic N) is 3. The first-order chi connectivity index (χ1) is 12.1. The van der Waals surface area contributed by atoms with Gasteiger partial charge in [-0.25, -0.2) is 4.98 Å². The van der Waals surface area contributed by atoms with Gasteiger partial charge in [-0.1, -0.05) is 35.5 Å². The van der Waals surface area contributed by atoms with Crippen molar-refractivity contribution in [1.29, 1.82) is 0 Å². The van der Waals surface area contributed by atoms with Crippen molar-refractivity contribution in [1.82, 2.24) is 25.4 Å². The first-order valence-electron chi connectivity index (χ1n) is 7.88. The van der Waals surface area contributed by atoms with E-state index >= 15 is 0 Å². The molecule has 3 aromatic rings. The molecule has 7 nitrogen and oxygen atoms in total. The number of hydrogen-bond acceptors (Lipinski definition) is 6. The van der Waals surface area contributed by atoms with Gasteiger partial charge in [0.25, 0.3) is 0 Å². The van der Waals surface area contributed by atoms with Gasteiger partial charge < -0.3 is 14.8 Å². The first kappa shape index (κ1) is 17.2. The first-order valence-corrected chi connectivity index (χ1v) is 9.04. The molecule has 0 aliphatic heterocycles.